The van der Waals surface area contributed by atoms with Crippen molar-refractivity contribution in [1.29, 1.82) is 0 Å². The zero-order chi connectivity index (χ0) is 19.7. The molecule has 1 atom stereocenters. The summed E-state index contributed by atoms with van der Waals surface area (Å²) in [5, 5.41) is 14.0. The van der Waals surface area contributed by atoms with Crippen molar-refractivity contribution in [2.75, 3.05) is 6.61 Å². The van der Waals surface area contributed by atoms with Crippen LogP contribution in [-0.2, 0) is 0 Å². The number of hydrogen-bond donors (Lipinski definition) is 1. The van der Waals surface area contributed by atoms with Gasteiger partial charge in [-0.1, -0.05) is 29.8 Å². The first-order valence-electron chi connectivity index (χ1n) is 8.59. The lowest BCUT2D eigenvalue weighted by molar-refractivity contribution is -0.384. The van der Waals surface area contributed by atoms with E-state index >= 15 is 0 Å². The summed E-state index contributed by atoms with van der Waals surface area (Å²) in [6.45, 7) is 0.518. The molecule has 0 unspecified atom stereocenters. The maximum absolute atomic E-state index is 12.6. The molecular formula is C20H15ClN2O5. The van der Waals surface area contributed by atoms with E-state index in [4.69, 9.17) is 20.8 Å². The molecule has 0 radical (unpaired) electrons. The second kappa shape index (κ2) is 7.36. The lowest BCUT2D eigenvalue weighted by Gasteiger charge is -2.26. The highest BCUT2D eigenvalue weighted by atomic mass is 35.5. The molecule has 2 heterocycles. The Balaban J connectivity index is 1.54. The quantitative estimate of drug-likeness (QED) is 0.505. The maximum atomic E-state index is 12.6. The SMILES string of the molecule is O=C(N[C@@H]1CCOc2ccccc21)c1ccc(-c2ccc([N+](=O)[O-])cc2Cl)o1. The van der Waals surface area contributed by atoms with E-state index in [0.29, 0.717) is 24.4 Å². The second-order valence-corrected chi connectivity index (χ2v) is 6.69. The number of benzene rings is 2. The average Bonchev–Trinajstić information content (AvgIpc) is 3.18. The summed E-state index contributed by atoms with van der Waals surface area (Å²) in [4.78, 5) is 22.9. The summed E-state index contributed by atoms with van der Waals surface area (Å²) in [5.74, 6) is 0.897. The monoisotopic (exact) mass is 398 g/mol. The van der Waals surface area contributed by atoms with Gasteiger partial charge in [-0.2, -0.15) is 0 Å². The Morgan fingerprint density at radius 3 is 2.79 bits per heavy atom. The van der Waals surface area contributed by atoms with Crippen LogP contribution in [0.5, 0.6) is 5.75 Å². The maximum Gasteiger partial charge on any atom is 0.287 e. The van der Waals surface area contributed by atoms with Crippen LogP contribution in [-0.4, -0.2) is 17.4 Å². The molecule has 1 amide bonds. The summed E-state index contributed by atoms with van der Waals surface area (Å²) in [6.07, 6.45) is 0.657. The molecule has 1 aromatic heterocycles. The van der Waals surface area contributed by atoms with Gasteiger partial charge in [-0.3, -0.25) is 14.9 Å². The molecule has 4 rings (SSSR count). The average molecular weight is 399 g/mol. The molecule has 142 valence electrons. The van der Waals surface area contributed by atoms with Crippen molar-refractivity contribution in [2.45, 2.75) is 12.5 Å². The molecule has 1 aliphatic rings. The van der Waals surface area contributed by atoms with Crippen LogP contribution in [0.15, 0.2) is 59.0 Å². The van der Waals surface area contributed by atoms with Crippen molar-refractivity contribution in [3.63, 3.8) is 0 Å². The molecule has 2 aromatic carbocycles. The van der Waals surface area contributed by atoms with E-state index in [9.17, 15) is 14.9 Å². The largest absolute Gasteiger partial charge is 0.493 e. The summed E-state index contributed by atoms with van der Waals surface area (Å²) in [6, 6.07) is 14.6. The number of rotatable bonds is 4. The van der Waals surface area contributed by atoms with E-state index in [2.05, 4.69) is 5.32 Å². The fourth-order valence-corrected chi connectivity index (χ4v) is 3.41. The van der Waals surface area contributed by atoms with Crippen LogP contribution >= 0.6 is 11.6 Å². The van der Waals surface area contributed by atoms with Gasteiger partial charge in [-0.05, 0) is 24.3 Å². The van der Waals surface area contributed by atoms with Crippen LogP contribution in [0.4, 0.5) is 5.69 Å². The van der Waals surface area contributed by atoms with E-state index in [0.717, 1.165) is 11.3 Å². The number of amides is 1. The van der Waals surface area contributed by atoms with Crippen molar-refractivity contribution in [3.05, 3.63) is 81.1 Å². The van der Waals surface area contributed by atoms with Crippen molar-refractivity contribution < 1.29 is 18.9 Å². The van der Waals surface area contributed by atoms with Gasteiger partial charge in [0.1, 0.15) is 11.5 Å². The molecule has 3 aromatic rings. The Morgan fingerprint density at radius 2 is 2.00 bits per heavy atom. The molecular weight excluding hydrogens is 384 g/mol. The van der Waals surface area contributed by atoms with E-state index in [1.807, 2.05) is 24.3 Å². The van der Waals surface area contributed by atoms with Gasteiger partial charge in [-0.25, -0.2) is 0 Å². The van der Waals surface area contributed by atoms with Crippen LogP contribution in [0.25, 0.3) is 11.3 Å². The number of hydrogen-bond acceptors (Lipinski definition) is 5. The Hall–Kier alpha value is -3.32. The van der Waals surface area contributed by atoms with Gasteiger partial charge < -0.3 is 14.5 Å². The minimum atomic E-state index is -0.525. The van der Waals surface area contributed by atoms with E-state index in [1.165, 1.54) is 18.2 Å². The highest BCUT2D eigenvalue weighted by molar-refractivity contribution is 6.33. The first-order chi connectivity index (χ1) is 13.5. The third-order valence-electron chi connectivity index (χ3n) is 4.52. The van der Waals surface area contributed by atoms with Gasteiger partial charge in [0.15, 0.2) is 5.76 Å². The van der Waals surface area contributed by atoms with Crippen LogP contribution in [0.3, 0.4) is 0 Å². The minimum Gasteiger partial charge on any atom is -0.493 e. The number of non-ortho nitro benzene ring substituents is 1. The van der Waals surface area contributed by atoms with Gasteiger partial charge in [0, 0.05) is 29.7 Å². The number of carbonyl (C=O) groups excluding carboxylic acids is 1. The third kappa shape index (κ3) is 3.44. The van der Waals surface area contributed by atoms with Crippen LogP contribution in [0.1, 0.15) is 28.6 Å². The summed E-state index contributed by atoms with van der Waals surface area (Å²) in [7, 11) is 0. The number of nitro benzene ring substituents is 1. The van der Waals surface area contributed by atoms with Gasteiger partial charge in [0.25, 0.3) is 11.6 Å². The fraction of sp³-hybridized carbons (Fsp3) is 0.150. The van der Waals surface area contributed by atoms with Crippen molar-refractivity contribution in [1.82, 2.24) is 5.32 Å². The predicted molar refractivity (Wildman–Crippen MR) is 103 cm³/mol. The van der Waals surface area contributed by atoms with Crippen molar-refractivity contribution >= 4 is 23.2 Å². The third-order valence-corrected chi connectivity index (χ3v) is 4.84. The number of furan rings is 1. The number of nitrogens with zero attached hydrogens (tertiary/aromatic N) is 1. The Labute approximate surface area is 165 Å². The molecule has 1 aliphatic heterocycles. The number of nitro groups is 1. The number of ether oxygens (including phenoxy) is 1. The second-order valence-electron chi connectivity index (χ2n) is 6.29. The summed E-state index contributed by atoms with van der Waals surface area (Å²) < 4.78 is 11.2. The van der Waals surface area contributed by atoms with Crippen LogP contribution in [0.2, 0.25) is 5.02 Å². The molecule has 0 saturated heterocycles. The fourth-order valence-electron chi connectivity index (χ4n) is 3.14. The highest BCUT2D eigenvalue weighted by Gasteiger charge is 2.24. The Morgan fingerprint density at radius 1 is 1.18 bits per heavy atom. The lowest BCUT2D eigenvalue weighted by Crippen LogP contribution is -2.31. The topological polar surface area (TPSA) is 94.6 Å². The number of carbonyl (C=O) groups is 1. The van der Waals surface area contributed by atoms with E-state index in [-0.39, 0.29) is 28.4 Å². The highest BCUT2D eigenvalue weighted by Crippen LogP contribution is 2.34. The minimum absolute atomic E-state index is 0.114. The first-order valence-corrected chi connectivity index (χ1v) is 8.97. The van der Waals surface area contributed by atoms with Gasteiger partial charge in [0.05, 0.1) is 22.6 Å². The number of para-hydroxylation sites is 1. The standard InChI is InChI=1S/C20H15ClN2O5/c21-15-11-12(23(25)26)5-6-13(15)18-7-8-19(28-18)20(24)22-16-9-10-27-17-4-2-1-3-14(16)17/h1-8,11,16H,9-10H2,(H,22,24)/t16-/m1/s1. The van der Waals surface area contributed by atoms with Crippen LogP contribution < -0.4 is 10.1 Å². The first kappa shape index (κ1) is 18.1. The Bertz CT molecular complexity index is 1060. The number of halogens is 1. The van der Waals surface area contributed by atoms with E-state index in [1.54, 1.807) is 12.1 Å². The zero-order valence-corrected chi connectivity index (χ0v) is 15.3. The molecule has 8 heteroatoms. The van der Waals surface area contributed by atoms with Crippen molar-refractivity contribution in [3.8, 4) is 17.1 Å². The van der Waals surface area contributed by atoms with Gasteiger partial charge >= 0.3 is 0 Å². The predicted octanol–water partition coefficient (Wildman–Crippen LogP) is 4.76. The summed E-state index contributed by atoms with van der Waals surface area (Å²) >= 11 is 6.13. The molecule has 28 heavy (non-hydrogen) atoms. The van der Waals surface area contributed by atoms with Crippen molar-refractivity contribution in [2.24, 2.45) is 0 Å². The number of nitrogens with one attached hydrogen (secondary N) is 1. The molecule has 0 bridgehead atoms. The Kier molecular flexibility index (Phi) is 4.75. The number of fused-ring (bicyclic) bond motifs is 1. The van der Waals surface area contributed by atoms with Gasteiger partial charge in [-0.15, -0.1) is 0 Å². The molecule has 0 spiro atoms. The molecule has 0 aliphatic carbocycles. The molecule has 0 fully saturated rings. The molecule has 0 saturated carbocycles. The summed E-state index contributed by atoms with van der Waals surface area (Å²) in [5.41, 5.74) is 1.28. The van der Waals surface area contributed by atoms with Gasteiger partial charge in [0.2, 0.25) is 0 Å². The smallest absolute Gasteiger partial charge is 0.287 e. The molecule has 7 nitrogen and oxygen atoms in total. The zero-order valence-electron chi connectivity index (χ0n) is 14.6. The lowest BCUT2D eigenvalue weighted by atomic mass is 10.0. The molecule has 1 N–H and O–H groups in total. The van der Waals surface area contributed by atoms with E-state index < -0.39 is 4.92 Å². The normalized spacial score (nSPS) is 15.4. The van der Waals surface area contributed by atoms with Crippen LogP contribution in [0, 0.1) is 10.1 Å².